The Hall–Kier alpha value is -2.64. The van der Waals surface area contributed by atoms with Crippen molar-refractivity contribution >= 4 is 8.07 Å². The van der Waals surface area contributed by atoms with Crippen LogP contribution in [0, 0.1) is 0 Å². The zero-order chi connectivity index (χ0) is 19.6. The third kappa shape index (κ3) is 3.20. The van der Waals surface area contributed by atoms with Crippen LogP contribution in [0.4, 0.5) is 0 Å². The van der Waals surface area contributed by atoms with E-state index in [1.807, 2.05) is 0 Å². The van der Waals surface area contributed by atoms with Crippen LogP contribution in [-0.2, 0) is 5.41 Å². The molecule has 140 valence electrons. The number of rotatable bonds is 5. The third-order valence-corrected chi connectivity index (χ3v) is 7.92. The summed E-state index contributed by atoms with van der Waals surface area (Å²) in [4.78, 5) is 0. The van der Waals surface area contributed by atoms with Gasteiger partial charge in [0.1, 0.15) is 0 Å². The van der Waals surface area contributed by atoms with Gasteiger partial charge in [0.15, 0.2) is 0 Å². The summed E-state index contributed by atoms with van der Waals surface area (Å²) in [5.41, 5.74) is 5.23. The van der Waals surface area contributed by atoms with Gasteiger partial charge < -0.3 is 0 Å². The zero-order valence-corrected chi connectivity index (χ0v) is 18.0. The molecule has 28 heavy (non-hydrogen) atoms. The highest BCUT2D eigenvalue weighted by atomic mass is 28.3. The van der Waals surface area contributed by atoms with Crippen molar-refractivity contribution < 1.29 is 0 Å². The lowest BCUT2D eigenvalue weighted by Gasteiger charge is -2.38. The van der Waals surface area contributed by atoms with Gasteiger partial charge in [-0.2, -0.15) is 0 Å². The predicted octanol–water partition coefficient (Wildman–Crippen LogP) is 7.15. The molecular weight excluding hydrogens is 352 g/mol. The smallest absolute Gasteiger partial charge is 0.0771 e. The third-order valence-electron chi connectivity index (χ3n) is 5.84. The maximum atomic E-state index is 2.51. The summed E-state index contributed by atoms with van der Waals surface area (Å²) < 4.78 is 0. The topological polar surface area (TPSA) is 0 Å². The van der Waals surface area contributed by atoms with E-state index in [2.05, 4.69) is 123 Å². The highest BCUT2D eigenvalue weighted by Crippen LogP contribution is 2.49. The second-order valence-corrected chi connectivity index (χ2v) is 13.7. The van der Waals surface area contributed by atoms with E-state index < -0.39 is 8.07 Å². The molecule has 0 fully saturated rings. The Bertz CT molecular complexity index is 894. The van der Waals surface area contributed by atoms with Gasteiger partial charge in [0.25, 0.3) is 0 Å². The Labute approximate surface area is 170 Å². The molecule has 0 unspecified atom stereocenters. The van der Waals surface area contributed by atoms with Crippen LogP contribution < -0.4 is 0 Å². The van der Waals surface area contributed by atoms with Crippen LogP contribution in [0.1, 0.15) is 23.1 Å². The van der Waals surface area contributed by atoms with Crippen LogP contribution in [0.5, 0.6) is 0 Å². The Morgan fingerprint density at radius 2 is 1.00 bits per heavy atom. The molecular formula is C27H28Si. The van der Waals surface area contributed by atoms with Gasteiger partial charge in [0, 0.05) is 0 Å². The molecule has 0 saturated heterocycles. The predicted molar refractivity (Wildman–Crippen MR) is 123 cm³/mol. The molecule has 0 nitrogen and oxygen atoms in total. The summed E-state index contributed by atoms with van der Waals surface area (Å²) in [7, 11) is -1.36. The minimum Gasteiger partial charge on any atom is -0.0811 e. The summed E-state index contributed by atoms with van der Waals surface area (Å²) in [6.45, 7) is 7.31. The fourth-order valence-electron chi connectivity index (χ4n) is 4.43. The molecule has 0 aliphatic heterocycles. The molecule has 1 aliphatic carbocycles. The number of hydrogen-bond donors (Lipinski definition) is 0. The maximum Gasteiger partial charge on any atom is 0.0771 e. The highest BCUT2D eigenvalue weighted by molar-refractivity contribution is 6.83. The van der Waals surface area contributed by atoms with Crippen LogP contribution in [0.2, 0.25) is 19.6 Å². The fourth-order valence-corrected chi connectivity index (χ4v) is 5.75. The van der Waals surface area contributed by atoms with Crippen molar-refractivity contribution in [1.29, 1.82) is 0 Å². The monoisotopic (exact) mass is 380 g/mol. The molecule has 0 N–H and O–H groups in total. The normalized spacial score (nSPS) is 14.5. The average Bonchev–Trinajstić information content (AvgIpc) is 3.22. The van der Waals surface area contributed by atoms with E-state index in [-0.39, 0.29) is 5.41 Å². The summed E-state index contributed by atoms with van der Waals surface area (Å²) in [6.07, 6.45) is 6.00. The summed E-state index contributed by atoms with van der Waals surface area (Å²) in [5.74, 6) is 0. The molecule has 1 heteroatoms. The van der Waals surface area contributed by atoms with Gasteiger partial charge in [0.05, 0.1) is 13.5 Å². The molecule has 0 aromatic heterocycles. The fraction of sp³-hybridized carbons (Fsp3) is 0.185. The van der Waals surface area contributed by atoms with E-state index in [1.54, 1.807) is 5.20 Å². The van der Waals surface area contributed by atoms with Crippen molar-refractivity contribution in [2.75, 3.05) is 0 Å². The average molecular weight is 381 g/mol. The van der Waals surface area contributed by atoms with Crippen molar-refractivity contribution in [3.8, 4) is 0 Å². The van der Waals surface area contributed by atoms with Crippen molar-refractivity contribution in [3.63, 3.8) is 0 Å². The largest absolute Gasteiger partial charge is 0.0811 e. The van der Waals surface area contributed by atoms with E-state index in [4.69, 9.17) is 0 Å². The van der Waals surface area contributed by atoms with E-state index in [1.165, 1.54) is 22.3 Å². The van der Waals surface area contributed by atoms with Gasteiger partial charge in [-0.15, -0.1) is 0 Å². The Morgan fingerprint density at radius 3 is 1.32 bits per heavy atom. The van der Waals surface area contributed by atoms with Gasteiger partial charge in [-0.1, -0.05) is 128 Å². The number of allylic oxidation sites excluding steroid dienone is 4. The molecule has 3 aromatic carbocycles. The molecule has 1 aliphatic rings. The highest BCUT2D eigenvalue weighted by Gasteiger charge is 2.41. The number of hydrogen-bond acceptors (Lipinski definition) is 0. The molecule has 0 bridgehead atoms. The lowest BCUT2D eigenvalue weighted by atomic mass is 9.64. The van der Waals surface area contributed by atoms with Gasteiger partial charge in [0.2, 0.25) is 0 Å². The van der Waals surface area contributed by atoms with Crippen LogP contribution >= 0.6 is 0 Å². The number of benzene rings is 3. The minimum atomic E-state index is -1.36. The molecule has 0 saturated carbocycles. The molecule has 4 rings (SSSR count). The Kier molecular flexibility index (Phi) is 4.95. The van der Waals surface area contributed by atoms with Gasteiger partial charge in [-0.3, -0.25) is 0 Å². The molecule has 0 amide bonds. The van der Waals surface area contributed by atoms with Crippen LogP contribution in [0.3, 0.4) is 0 Å². The van der Waals surface area contributed by atoms with Crippen molar-refractivity contribution in [1.82, 2.24) is 0 Å². The van der Waals surface area contributed by atoms with Gasteiger partial charge in [-0.25, -0.2) is 0 Å². The van der Waals surface area contributed by atoms with Gasteiger partial charge >= 0.3 is 0 Å². The van der Waals surface area contributed by atoms with Crippen molar-refractivity contribution in [2.45, 2.75) is 31.5 Å². The quantitative estimate of drug-likeness (QED) is 0.325. The Balaban J connectivity index is 2.04. The SMILES string of the molecule is C[Si](C)(C)C1=CCC(C(c2ccccc2)(c2ccccc2)c2ccccc2)=C1. The minimum absolute atomic E-state index is 0.262. The first-order chi connectivity index (χ1) is 13.5. The first kappa shape index (κ1) is 18.7. The van der Waals surface area contributed by atoms with Crippen molar-refractivity contribution in [3.05, 3.63) is 131 Å². The molecule has 0 spiro atoms. The zero-order valence-electron chi connectivity index (χ0n) is 17.0. The standard InChI is InChI=1S/C27H28Si/c1-28(2,3)26-20-19-25(21-26)27(22-13-7-4-8-14-22,23-15-9-5-10-16-23)24-17-11-6-12-18-24/h4-18,20-21H,19H2,1-3H3. The molecule has 0 radical (unpaired) electrons. The van der Waals surface area contributed by atoms with Gasteiger partial charge in [-0.05, 0) is 28.7 Å². The summed E-state index contributed by atoms with van der Waals surface area (Å²) in [6, 6.07) is 33.0. The molecule has 0 atom stereocenters. The van der Waals surface area contributed by atoms with Crippen LogP contribution in [-0.4, -0.2) is 8.07 Å². The van der Waals surface area contributed by atoms with E-state index in [0.29, 0.717) is 0 Å². The molecule has 3 aromatic rings. The first-order valence-electron chi connectivity index (χ1n) is 10.1. The maximum absolute atomic E-state index is 2.51. The van der Waals surface area contributed by atoms with Crippen LogP contribution in [0.15, 0.2) is 114 Å². The summed E-state index contributed by atoms with van der Waals surface area (Å²) in [5, 5.41) is 1.56. The first-order valence-corrected chi connectivity index (χ1v) is 13.6. The van der Waals surface area contributed by atoms with E-state index in [0.717, 1.165) is 6.42 Å². The van der Waals surface area contributed by atoms with Crippen molar-refractivity contribution in [2.24, 2.45) is 0 Å². The second kappa shape index (κ2) is 7.41. The lowest BCUT2D eigenvalue weighted by Crippen LogP contribution is -2.31. The van der Waals surface area contributed by atoms with E-state index >= 15 is 0 Å². The molecule has 0 heterocycles. The lowest BCUT2D eigenvalue weighted by molar-refractivity contribution is 0.711. The summed E-state index contributed by atoms with van der Waals surface area (Å²) >= 11 is 0. The van der Waals surface area contributed by atoms with Crippen LogP contribution in [0.25, 0.3) is 0 Å². The second-order valence-electron chi connectivity index (χ2n) is 8.63. The van der Waals surface area contributed by atoms with E-state index in [9.17, 15) is 0 Å². The Morgan fingerprint density at radius 1 is 0.607 bits per heavy atom.